The van der Waals surface area contributed by atoms with Crippen molar-refractivity contribution in [3.8, 4) is 0 Å². The molecule has 1 heterocycles. The van der Waals surface area contributed by atoms with E-state index in [-0.39, 0.29) is 19.2 Å². The molecule has 0 unspecified atom stereocenters. The van der Waals surface area contributed by atoms with Crippen molar-refractivity contribution in [2.75, 3.05) is 13.2 Å². The number of allylic oxidation sites excluding steroid dienone is 1. The summed E-state index contributed by atoms with van der Waals surface area (Å²) in [4.78, 5) is 12.3. The molecule has 1 aliphatic rings. The second-order valence-corrected chi connectivity index (χ2v) is 7.29. The van der Waals surface area contributed by atoms with Gasteiger partial charge in [-0.05, 0) is 17.9 Å². The van der Waals surface area contributed by atoms with Crippen LogP contribution in [0.3, 0.4) is 0 Å². The van der Waals surface area contributed by atoms with E-state index in [1.54, 1.807) is 0 Å². The van der Waals surface area contributed by atoms with E-state index in [1.807, 2.05) is 36.4 Å². The Bertz CT molecular complexity index is 575. The summed E-state index contributed by atoms with van der Waals surface area (Å²) >= 11 is 0. The van der Waals surface area contributed by atoms with Gasteiger partial charge < -0.3 is 14.6 Å². The Balaban J connectivity index is 1.92. The van der Waals surface area contributed by atoms with Crippen LogP contribution >= 0.6 is 0 Å². The molecule has 1 atom stereocenters. The molecule has 4 heteroatoms. The van der Waals surface area contributed by atoms with E-state index in [0.717, 1.165) is 24.8 Å². The molecule has 0 bridgehead atoms. The van der Waals surface area contributed by atoms with Gasteiger partial charge >= 0.3 is 5.97 Å². The highest BCUT2D eigenvalue weighted by Gasteiger charge is 2.43. The van der Waals surface area contributed by atoms with Gasteiger partial charge in [0, 0.05) is 12.0 Å². The van der Waals surface area contributed by atoms with E-state index in [9.17, 15) is 9.90 Å². The van der Waals surface area contributed by atoms with Crippen LogP contribution in [-0.4, -0.2) is 29.9 Å². The molecule has 0 aliphatic carbocycles. The number of carbonyl (C=O) groups is 1. The molecule has 0 spiro atoms. The minimum atomic E-state index is -0.942. The molecule has 2 rings (SSSR count). The first kappa shape index (κ1) is 20.7. The van der Waals surface area contributed by atoms with Gasteiger partial charge in [-0.25, -0.2) is 4.79 Å². The fourth-order valence-electron chi connectivity index (χ4n) is 3.52. The third kappa shape index (κ3) is 5.96. The molecular formula is C22H32O4. The third-order valence-electron chi connectivity index (χ3n) is 4.94. The summed E-state index contributed by atoms with van der Waals surface area (Å²) in [5.41, 5.74) is 0.796. The van der Waals surface area contributed by atoms with Gasteiger partial charge in [0.25, 0.3) is 0 Å². The van der Waals surface area contributed by atoms with Crippen molar-refractivity contribution in [3.05, 3.63) is 47.5 Å². The fourth-order valence-corrected chi connectivity index (χ4v) is 3.52. The van der Waals surface area contributed by atoms with Crippen molar-refractivity contribution in [2.24, 2.45) is 5.92 Å². The number of esters is 1. The number of ether oxygens (including phenoxy) is 2. The molecular weight excluding hydrogens is 328 g/mol. The standard InChI is InChI=1S/C22H32O4/c1-3-8-18(9-4-2)12-13-20-14-22(16-23,26-21(20)24)17-25-15-19-10-6-5-7-11-19/h5-7,10-11,13,18,23H,3-4,8-9,12,14-17H2,1-2H3/b20-13+/t22-/m0/s1. The lowest BCUT2D eigenvalue weighted by atomic mass is 9.92. The topological polar surface area (TPSA) is 55.8 Å². The molecule has 0 aromatic heterocycles. The normalized spacial score (nSPS) is 21.5. The van der Waals surface area contributed by atoms with Gasteiger partial charge in [-0.3, -0.25) is 0 Å². The van der Waals surface area contributed by atoms with Gasteiger partial charge in [0.05, 0.1) is 19.8 Å². The summed E-state index contributed by atoms with van der Waals surface area (Å²) in [6, 6.07) is 9.84. The summed E-state index contributed by atoms with van der Waals surface area (Å²) < 4.78 is 11.3. The second-order valence-electron chi connectivity index (χ2n) is 7.29. The van der Waals surface area contributed by atoms with Crippen LogP contribution in [-0.2, 0) is 20.9 Å². The minimum Gasteiger partial charge on any atom is -0.450 e. The van der Waals surface area contributed by atoms with E-state index in [4.69, 9.17) is 9.47 Å². The van der Waals surface area contributed by atoms with E-state index in [0.29, 0.717) is 24.5 Å². The van der Waals surface area contributed by atoms with Crippen LogP contribution in [0.5, 0.6) is 0 Å². The zero-order chi connectivity index (χ0) is 18.8. The fraction of sp³-hybridized carbons (Fsp3) is 0.591. The van der Waals surface area contributed by atoms with E-state index >= 15 is 0 Å². The number of carbonyl (C=O) groups excluding carboxylic acids is 1. The largest absolute Gasteiger partial charge is 0.450 e. The monoisotopic (exact) mass is 360 g/mol. The minimum absolute atomic E-state index is 0.203. The summed E-state index contributed by atoms with van der Waals surface area (Å²) in [6.45, 7) is 4.81. The van der Waals surface area contributed by atoms with Crippen LogP contribution in [0.2, 0.25) is 0 Å². The Morgan fingerprint density at radius 3 is 2.54 bits per heavy atom. The molecule has 1 aromatic carbocycles. The molecule has 1 N–H and O–H groups in total. The first-order chi connectivity index (χ1) is 12.6. The van der Waals surface area contributed by atoms with Crippen LogP contribution in [0.25, 0.3) is 0 Å². The van der Waals surface area contributed by atoms with E-state index < -0.39 is 5.60 Å². The van der Waals surface area contributed by atoms with Crippen molar-refractivity contribution in [3.63, 3.8) is 0 Å². The average molecular weight is 360 g/mol. The number of aliphatic hydroxyl groups excluding tert-OH is 1. The third-order valence-corrected chi connectivity index (χ3v) is 4.94. The van der Waals surface area contributed by atoms with Crippen LogP contribution in [0.15, 0.2) is 42.0 Å². The zero-order valence-corrected chi connectivity index (χ0v) is 16.1. The second kappa shape index (κ2) is 10.5. The highest BCUT2D eigenvalue weighted by Crippen LogP contribution is 2.32. The summed E-state index contributed by atoms with van der Waals surface area (Å²) in [6.07, 6.45) is 8.02. The van der Waals surface area contributed by atoms with Gasteiger partial charge in [0.1, 0.15) is 0 Å². The number of cyclic esters (lactones) is 1. The van der Waals surface area contributed by atoms with Crippen molar-refractivity contribution < 1.29 is 19.4 Å². The molecule has 1 fully saturated rings. The molecule has 26 heavy (non-hydrogen) atoms. The Labute approximate surface area is 157 Å². The SMILES string of the molecule is CCCC(C/C=C1\C[C@](CO)(COCc2ccccc2)OC1=O)CCC. The maximum atomic E-state index is 12.3. The van der Waals surface area contributed by atoms with E-state index in [2.05, 4.69) is 13.8 Å². The Morgan fingerprint density at radius 1 is 1.23 bits per heavy atom. The van der Waals surface area contributed by atoms with Gasteiger partial charge in [-0.2, -0.15) is 0 Å². The predicted molar refractivity (Wildman–Crippen MR) is 103 cm³/mol. The van der Waals surface area contributed by atoms with E-state index in [1.165, 1.54) is 12.8 Å². The molecule has 0 amide bonds. The van der Waals surface area contributed by atoms with Gasteiger partial charge in [-0.1, -0.05) is 75.9 Å². The molecule has 1 aliphatic heterocycles. The summed E-state index contributed by atoms with van der Waals surface area (Å²) in [7, 11) is 0. The van der Waals surface area contributed by atoms with Crippen LogP contribution < -0.4 is 0 Å². The van der Waals surface area contributed by atoms with Gasteiger partial charge in [-0.15, -0.1) is 0 Å². The number of rotatable bonds is 11. The van der Waals surface area contributed by atoms with Crippen molar-refractivity contribution in [1.82, 2.24) is 0 Å². The molecule has 1 aromatic rings. The lowest BCUT2D eigenvalue weighted by molar-refractivity contribution is -0.157. The Kier molecular flexibility index (Phi) is 8.33. The Morgan fingerprint density at radius 2 is 1.92 bits per heavy atom. The first-order valence-electron chi connectivity index (χ1n) is 9.77. The lowest BCUT2D eigenvalue weighted by Crippen LogP contribution is -2.38. The lowest BCUT2D eigenvalue weighted by Gasteiger charge is -2.24. The number of benzene rings is 1. The van der Waals surface area contributed by atoms with Crippen LogP contribution in [0, 0.1) is 5.92 Å². The maximum absolute atomic E-state index is 12.3. The molecule has 0 radical (unpaired) electrons. The average Bonchev–Trinajstić information content (AvgIpc) is 2.97. The Hall–Kier alpha value is -1.65. The predicted octanol–water partition coefficient (Wildman–Crippen LogP) is 4.41. The highest BCUT2D eigenvalue weighted by atomic mass is 16.6. The molecule has 0 saturated carbocycles. The highest BCUT2D eigenvalue weighted by molar-refractivity contribution is 5.91. The molecule has 1 saturated heterocycles. The van der Waals surface area contributed by atoms with Crippen LogP contribution in [0.4, 0.5) is 0 Å². The summed E-state index contributed by atoms with van der Waals surface area (Å²) in [5, 5.41) is 9.81. The zero-order valence-electron chi connectivity index (χ0n) is 16.1. The molecule has 4 nitrogen and oxygen atoms in total. The van der Waals surface area contributed by atoms with Crippen molar-refractivity contribution >= 4 is 5.97 Å². The first-order valence-corrected chi connectivity index (χ1v) is 9.77. The van der Waals surface area contributed by atoms with Gasteiger partial charge in [0.15, 0.2) is 5.60 Å². The number of hydrogen-bond donors (Lipinski definition) is 1. The summed E-state index contributed by atoms with van der Waals surface area (Å²) in [5.74, 6) is 0.304. The van der Waals surface area contributed by atoms with Crippen molar-refractivity contribution in [2.45, 2.75) is 64.6 Å². The number of aliphatic hydroxyl groups is 1. The maximum Gasteiger partial charge on any atom is 0.334 e. The molecule has 144 valence electrons. The van der Waals surface area contributed by atoms with Gasteiger partial charge in [0.2, 0.25) is 0 Å². The smallest absolute Gasteiger partial charge is 0.334 e. The number of hydrogen-bond acceptors (Lipinski definition) is 4. The quantitative estimate of drug-likeness (QED) is 0.469. The van der Waals surface area contributed by atoms with Crippen LogP contribution in [0.1, 0.15) is 57.9 Å². The van der Waals surface area contributed by atoms with Crippen molar-refractivity contribution in [1.29, 1.82) is 0 Å².